The minimum absolute atomic E-state index is 0.840. The lowest BCUT2D eigenvalue weighted by molar-refractivity contribution is 0.606. The third kappa shape index (κ3) is 8.44. The van der Waals surface area contributed by atoms with Gasteiger partial charge in [-0.2, -0.15) is 0 Å². The summed E-state index contributed by atoms with van der Waals surface area (Å²) in [4.78, 5) is 1.29. The molecule has 1 aromatic rings. The van der Waals surface area contributed by atoms with E-state index in [9.17, 15) is 0 Å². The minimum Gasteiger partial charge on any atom is -0.126 e. The summed E-state index contributed by atoms with van der Waals surface area (Å²) in [5.41, 5.74) is 0. The Hall–Kier alpha value is 0.340. The highest BCUT2D eigenvalue weighted by Crippen LogP contribution is 2.23. The fourth-order valence-electron chi connectivity index (χ4n) is 1.83. The van der Waals surface area contributed by atoms with E-state index in [0.717, 1.165) is 10.4 Å². The Balaban J connectivity index is 1.92. The van der Waals surface area contributed by atoms with Gasteiger partial charge in [-0.05, 0) is 36.8 Å². The van der Waals surface area contributed by atoms with E-state index in [-0.39, 0.29) is 0 Å². The van der Waals surface area contributed by atoms with E-state index < -0.39 is 0 Å². The van der Waals surface area contributed by atoms with Gasteiger partial charge in [0.1, 0.15) is 0 Å². The number of thioether (sulfide) groups is 1. The fourth-order valence-corrected chi connectivity index (χ4v) is 3.45. The first-order chi connectivity index (χ1) is 8.83. The number of halogens is 2. The van der Waals surface area contributed by atoms with Crippen molar-refractivity contribution in [2.45, 2.75) is 49.8 Å². The summed E-state index contributed by atoms with van der Waals surface area (Å²) in [7, 11) is 0. The Morgan fingerprint density at radius 3 is 2.28 bits per heavy atom. The molecule has 0 aliphatic rings. The first-order valence-electron chi connectivity index (χ1n) is 6.77. The van der Waals surface area contributed by atoms with Gasteiger partial charge >= 0.3 is 0 Å². The summed E-state index contributed by atoms with van der Waals surface area (Å²) in [6.45, 7) is 0. The lowest BCUT2D eigenvalue weighted by Gasteiger charge is -2.03. The van der Waals surface area contributed by atoms with Crippen molar-refractivity contribution in [1.29, 1.82) is 0 Å². The number of rotatable bonds is 10. The standard InChI is InChI=1S/C15H22BrClS/c16-11-6-4-2-1-3-5-7-12-18-15-10-8-9-14(17)13-15/h8-10,13H,1-7,11-12H2. The lowest BCUT2D eigenvalue weighted by atomic mass is 10.1. The first kappa shape index (κ1) is 16.4. The zero-order valence-electron chi connectivity index (χ0n) is 10.8. The largest absolute Gasteiger partial charge is 0.126 e. The molecule has 0 spiro atoms. The molecule has 102 valence electrons. The third-order valence-electron chi connectivity index (χ3n) is 2.84. The second-order valence-corrected chi connectivity index (χ2v) is 6.87. The Labute approximate surface area is 129 Å². The van der Waals surface area contributed by atoms with Crippen molar-refractivity contribution in [3.8, 4) is 0 Å². The van der Waals surface area contributed by atoms with E-state index in [4.69, 9.17) is 11.6 Å². The second-order valence-electron chi connectivity index (χ2n) is 4.47. The summed E-state index contributed by atoms with van der Waals surface area (Å²) in [6.07, 6.45) is 9.56. The van der Waals surface area contributed by atoms with Crippen molar-refractivity contribution in [2.24, 2.45) is 0 Å². The van der Waals surface area contributed by atoms with Crippen LogP contribution < -0.4 is 0 Å². The first-order valence-corrected chi connectivity index (χ1v) is 9.26. The highest BCUT2D eigenvalue weighted by atomic mass is 79.9. The number of alkyl halides is 1. The third-order valence-corrected chi connectivity index (χ3v) is 4.72. The van der Waals surface area contributed by atoms with E-state index in [0.29, 0.717) is 0 Å². The molecule has 0 aliphatic heterocycles. The molecular weight excluding hydrogens is 328 g/mol. The minimum atomic E-state index is 0.840. The molecule has 1 aromatic carbocycles. The van der Waals surface area contributed by atoms with Gasteiger partial charge in [-0.25, -0.2) is 0 Å². The molecule has 0 unspecified atom stereocenters. The predicted octanol–water partition coefficient (Wildman–Crippen LogP) is 6.56. The van der Waals surface area contributed by atoms with Crippen LogP contribution in [-0.4, -0.2) is 11.1 Å². The van der Waals surface area contributed by atoms with Crippen LogP contribution in [0.2, 0.25) is 5.02 Å². The zero-order valence-corrected chi connectivity index (χ0v) is 14.0. The SMILES string of the molecule is Clc1cccc(SCCCCCCCCCBr)c1. The molecule has 0 amide bonds. The van der Waals surface area contributed by atoms with E-state index in [2.05, 4.69) is 22.0 Å². The van der Waals surface area contributed by atoms with E-state index in [1.165, 1.54) is 55.6 Å². The van der Waals surface area contributed by atoms with Gasteiger partial charge in [0.05, 0.1) is 0 Å². The van der Waals surface area contributed by atoms with Crippen LogP contribution in [0.3, 0.4) is 0 Å². The number of benzene rings is 1. The quantitative estimate of drug-likeness (QED) is 0.262. The maximum absolute atomic E-state index is 5.95. The van der Waals surface area contributed by atoms with E-state index >= 15 is 0 Å². The van der Waals surface area contributed by atoms with Crippen LogP contribution in [0.1, 0.15) is 44.9 Å². The zero-order chi connectivity index (χ0) is 13.1. The molecule has 0 aliphatic carbocycles. The van der Waals surface area contributed by atoms with Crippen LogP contribution in [0.5, 0.6) is 0 Å². The van der Waals surface area contributed by atoms with Crippen LogP contribution in [0, 0.1) is 0 Å². The van der Waals surface area contributed by atoms with Crippen LogP contribution in [0.25, 0.3) is 0 Å². The average molecular weight is 350 g/mol. The van der Waals surface area contributed by atoms with Gasteiger partial charge in [0.15, 0.2) is 0 Å². The van der Waals surface area contributed by atoms with Crippen LogP contribution in [-0.2, 0) is 0 Å². The highest BCUT2D eigenvalue weighted by Gasteiger charge is 1.96. The van der Waals surface area contributed by atoms with Gasteiger partial charge in [-0.15, -0.1) is 11.8 Å². The lowest BCUT2D eigenvalue weighted by Crippen LogP contribution is -1.84. The van der Waals surface area contributed by atoms with Crippen molar-refractivity contribution < 1.29 is 0 Å². The molecule has 3 heteroatoms. The Morgan fingerprint density at radius 1 is 0.944 bits per heavy atom. The molecule has 0 atom stereocenters. The van der Waals surface area contributed by atoms with Crippen molar-refractivity contribution in [2.75, 3.05) is 11.1 Å². The van der Waals surface area contributed by atoms with Crippen molar-refractivity contribution in [3.63, 3.8) is 0 Å². The highest BCUT2D eigenvalue weighted by molar-refractivity contribution is 9.09. The summed E-state index contributed by atoms with van der Waals surface area (Å²) >= 11 is 11.3. The maximum Gasteiger partial charge on any atom is 0.0417 e. The smallest absolute Gasteiger partial charge is 0.0417 e. The number of unbranched alkanes of at least 4 members (excludes halogenated alkanes) is 6. The van der Waals surface area contributed by atoms with Gasteiger partial charge in [0.25, 0.3) is 0 Å². The van der Waals surface area contributed by atoms with Gasteiger partial charge in [0.2, 0.25) is 0 Å². The maximum atomic E-state index is 5.95. The monoisotopic (exact) mass is 348 g/mol. The Kier molecular flexibility index (Phi) is 10.2. The van der Waals surface area contributed by atoms with Gasteiger partial charge in [0, 0.05) is 15.2 Å². The Morgan fingerprint density at radius 2 is 1.61 bits per heavy atom. The van der Waals surface area contributed by atoms with Crippen LogP contribution >= 0.6 is 39.3 Å². The summed E-state index contributed by atoms with van der Waals surface area (Å²) in [6, 6.07) is 8.14. The van der Waals surface area contributed by atoms with Gasteiger partial charge < -0.3 is 0 Å². The molecular formula is C15H22BrClS. The Bertz CT molecular complexity index is 317. The van der Waals surface area contributed by atoms with Crippen molar-refractivity contribution >= 4 is 39.3 Å². The molecule has 0 radical (unpaired) electrons. The van der Waals surface area contributed by atoms with Crippen LogP contribution in [0.4, 0.5) is 0 Å². The normalized spacial score (nSPS) is 10.8. The molecule has 0 heterocycles. The molecule has 0 N–H and O–H groups in total. The second kappa shape index (κ2) is 11.2. The molecule has 0 aromatic heterocycles. The number of hydrogen-bond donors (Lipinski definition) is 0. The molecule has 1 rings (SSSR count). The van der Waals surface area contributed by atoms with Crippen LogP contribution in [0.15, 0.2) is 29.2 Å². The average Bonchev–Trinajstić information content (AvgIpc) is 2.37. The molecule has 0 saturated heterocycles. The number of hydrogen-bond acceptors (Lipinski definition) is 1. The molecule has 0 fully saturated rings. The summed E-state index contributed by atoms with van der Waals surface area (Å²) in [5.74, 6) is 1.21. The molecule has 0 saturated carbocycles. The van der Waals surface area contributed by atoms with Gasteiger partial charge in [-0.1, -0.05) is 65.7 Å². The van der Waals surface area contributed by atoms with Gasteiger partial charge in [-0.3, -0.25) is 0 Å². The summed E-state index contributed by atoms with van der Waals surface area (Å²) < 4.78 is 0. The van der Waals surface area contributed by atoms with Crippen molar-refractivity contribution in [1.82, 2.24) is 0 Å². The van der Waals surface area contributed by atoms with Crippen molar-refractivity contribution in [3.05, 3.63) is 29.3 Å². The fraction of sp³-hybridized carbons (Fsp3) is 0.600. The predicted molar refractivity (Wildman–Crippen MR) is 88.3 cm³/mol. The summed E-state index contributed by atoms with van der Waals surface area (Å²) in [5, 5.41) is 2.00. The molecule has 0 bridgehead atoms. The topological polar surface area (TPSA) is 0 Å². The van der Waals surface area contributed by atoms with E-state index in [1.54, 1.807) is 0 Å². The molecule has 18 heavy (non-hydrogen) atoms. The van der Waals surface area contributed by atoms with E-state index in [1.807, 2.05) is 30.0 Å². The molecule has 0 nitrogen and oxygen atoms in total.